The molecule has 2 atom stereocenters. The fourth-order valence-electron chi connectivity index (χ4n) is 4.76. The lowest BCUT2D eigenvalue weighted by Crippen LogP contribution is -2.51. The summed E-state index contributed by atoms with van der Waals surface area (Å²) in [6, 6.07) is 31.8. The second kappa shape index (κ2) is 11.1. The van der Waals surface area contributed by atoms with Gasteiger partial charge in [-0.05, 0) is 35.7 Å². The van der Waals surface area contributed by atoms with Crippen molar-refractivity contribution in [2.24, 2.45) is 0 Å². The summed E-state index contributed by atoms with van der Waals surface area (Å²) in [4.78, 5) is 54.1. The average Bonchev–Trinajstić information content (AvgIpc) is 3.24. The van der Waals surface area contributed by atoms with Crippen molar-refractivity contribution < 1.29 is 19.2 Å². The van der Waals surface area contributed by atoms with E-state index in [9.17, 15) is 19.2 Å². The quantitative estimate of drug-likeness (QED) is 0.338. The van der Waals surface area contributed by atoms with E-state index in [1.54, 1.807) is 48.5 Å². The van der Waals surface area contributed by atoms with Crippen LogP contribution in [0.15, 0.2) is 115 Å². The standard InChI is InChI=1S/C32H27N3O4/c1-21(35-31(38)25-19-11-12-20-26(25)32(35)39)29(36)34-28(24-17-9-4-10-18-24)30(37)33-27(22-13-5-2-6-14-22)23-15-7-3-8-16-23/h2-21,27-28H,1H3,(H,33,37)(H,34,36)/t21-,28-/m0/s1. The predicted molar refractivity (Wildman–Crippen MR) is 147 cm³/mol. The molecule has 0 fully saturated rings. The van der Waals surface area contributed by atoms with Gasteiger partial charge >= 0.3 is 0 Å². The van der Waals surface area contributed by atoms with E-state index in [2.05, 4.69) is 10.6 Å². The normalized spacial score (nSPS) is 14.1. The molecule has 4 aromatic rings. The van der Waals surface area contributed by atoms with Crippen molar-refractivity contribution in [1.29, 1.82) is 0 Å². The second-order valence-electron chi connectivity index (χ2n) is 9.32. The average molecular weight is 518 g/mol. The number of imide groups is 1. The molecule has 0 aliphatic carbocycles. The second-order valence-corrected chi connectivity index (χ2v) is 9.32. The van der Waals surface area contributed by atoms with Crippen LogP contribution in [0.25, 0.3) is 0 Å². The summed E-state index contributed by atoms with van der Waals surface area (Å²) in [5.41, 5.74) is 2.85. The van der Waals surface area contributed by atoms with Crippen molar-refractivity contribution in [2.45, 2.75) is 25.0 Å². The van der Waals surface area contributed by atoms with Crippen LogP contribution in [0.3, 0.4) is 0 Å². The van der Waals surface area contributed by atoms with E-state index in [0.29, 0.717) is 5.56 Å². The van der Waals surface area contributed by atoms with Gasteiger partial charge in [-0.15, -0.1) is 0 Å². The lowest BCUT2D eigenvalue weighted by Gasteiger charge is -2.27. The van der Waals surface area contributed by atoms with Crippen molar-refractivity contribution in [3.05, 3.63) is 143 Å². The summed E-state index contributed by atoms with van der Waals surface area (Å²) >= 11 is 0. The summed E-state index contributed by atoms with van der Waals surface area (Å²) in [5, 5.41) is 5.88. The monoisotopic (exact) mass is 517 g/mol. The first kappa shape index (κ1) is 25.6. The lowest BCUT2D eigenvalue weighted by atomic mass is 9.97. The molecule has 0 unspecified atom stereocenters. The molecule has 194 valence electrons. The van der Waals surface area contributed by atoms with Gasteiger partial charge in [0.25, 0.3) is 11.8 Å². The van der Waals surface area contributed by atoms with Gasteiger partial charge in [-0.2, -0.15) is 0 Å². The lowest BCUT2D eigenvalue weighted by molar-refractivity contribution is -0.131. The molecular formula is C32H27N3O4. The number of nitrogens with one attached hydrogen (secondary N) is 2. The minimum atomic E-state index is -1.13. The Labute approximate surface area is 226 Å². The molecule has 1 heterocycles. The summed E-state index contributed by atoms with van der Waals surface area (Å²) < 4.78 is 0. The highest BCUT2D eigenvalue weighted by atomic mass is 16.2. The number of benzene rings is 4. The topological polar surface area (TPSA) is 95.6 Å². The zero-order valence-electron chi connectivity index (χ0n) is 21.3. The van der Waals surface area contributed by atoms with Gasteiger partial charge in [0.05, 0.1) is 17.2 Å². The first-order valence-corrected chi connectivity index (χ1v) is 12.7. The number of amides is 4. The third-order valence-corrected chi connectivity index (χ3v) is 6.83. The SMILES string of the molecule is C[C@@H](C(=O)N[C@H](C(=O)NC(c1ccccc1)c1ccccc1)c1ccccc1)N1C(=O)c2ccccc2C1=O. The van der Waals surface area contributed by atoms with Crippen molar-refractivity contribution in [2.75, 3.05) is 0 Å². The van der Waals surface area contributed by atoms with E-state index >= 15 is 0 Å². The molecule has 0 radical (unpaired) electrons. The Bertz CT molecular complexity index is 1430. The van der Waals surface area contributed by atoms with Gasteiger partial charge < -0.3 is 10.6 Å². The van der Waals surface area contributed by atoms with Gasteiger partial charge in [-0.1, -0.05) is 103 Å². The first-order chi connectivity index (χ1) is 19.0. The van der Waals surface area contributed by atoms with Crippen LogP contribution in [0.4, 0.5) is 0 Å². The Balaban J connectivity index is 1.41. The molecule has 39 heavy (non-hydrogen) atoms. The van der Waals surface area contributed by atoms with Gasteiger partial charge in [0.15, 0.2) is 0 Å². The van der Waals surface area contributed by atoms with E-state index in [1.165, 1.54) is 6.92 Å². The Hall–Kier alpha value is -5.04. The highest BCUT2D eigenvalue weighted by Gasteiger charge is 2.41. The van der Waals surface area contributed by atoms with E-state index in [-0.39, 0.29) is 11.1 Å². The number of hydrogen-bond donors (Lipinski definition) is 2. The van der Waals surface area contributed by atoms with Crippen LogP contribution in [0.1, 0.15) is 56.4 Å². The molecular weight excluding hydrogens is 490 g/mol. The van der Waals surface area contributed by atoms with Gasteiger partial charge in [-0.25, -0.2) is 0 Å². The maximum absolute atomic E-state index is 13.8. The maximum Gasteiger partial charge on any atom is 0.262 e. The van der Waals surface area contributed by atoms with Crippen molar-refractivity contribution in [3.63, 3.8) is 0 Å². The molecule has 0 saturated carbocycles. The molecule has 4 aromatic carbocycles. The van der Waals surface area contributed by atoms with E-state index in [1.807, 2.05) is 66.7 Å². The highest BCUT2D eigenvalue weighted by Crippen LogP contribution is 2.26. The number of rotatable bonds is 8. The fourth-order valence-corrected chi connectivity index (χ4v) is 4.76. The largest absolute Gasteiger partial charge is 0.343 e. The highest BCUT2D eigenvalue weighted by molar-refractivity contribution is 6.22. The van der Waals surface area contributed by atoms with E-state index in [0.717, 1.165) is 16.0 Å². The number of carbonyl (C=O) groups excluding carboxylic acids is 4. The van der Waals surface area contributed by atoms with Gasteiger partial charge in [0.1, 0.15) is 12.1 Å². The van der Waals surface area contributed by atoms with Crippen LogP contribution in [-0.4, -0.2) is 34.6 Å². The number of nitrogens with zero attached hydrogens (tertiary/aromatic N) is 1. The number of hydrogen-bond acceptors (Lipinski definition) is 4. The number of carbonyl (C=O) groups is 4. The van der Waals surface area contributed by atoms with Gasteiger partial charge in [-0.3, -0.25) is 24.1 Å². The van der Waals surface area contributed by atoms with Crippen molar-refractivity contribution in [3.8, 4) is 0 Å². The summed E-state index contributed by atoms with van der Waals surface area (Å²) in [6.45, 7) is 1.48. The minimum Gasteiger partial charge on any atom is -0.343 e. The first-order valence-electron chi connectivity index (χ1n) is 12.7. The summed E-state index contributed by atoms with van der Waals surface area (Å²) in [5.74, 6) is -2.12. The molecule has 0 aromatic heterocycles. The molecule has 0 bridgehead atoms. The van der Waals surface area contributed by atoms with Crippen LogP contribution >= 0.6 is 0 Å². The van der Waals surface area contributed by atoms with E-state index < -0.39 is 41.8 Å². The third kappa shape index (κ3) is 5.20. The molecule has 7 heteroatoms. The zero-order valence-corrected chi connectivity index (χ0v) is 21.3. The zero-order chi connectivity index (χ0) is 27.4. The van der Waals surface area contributed by atoms with Crippen LogP contribution in [0, 0.1) is 0 Å². The third-order valence-electron chi connectivity index (χ3n) is 6.83. The summed E-state index contributed by atoms with van der Waals surface area (Å²) in [7, 11) is 0. The maximum atomic E-state index is 13.8. The minimum absolute atomic E-state index is 0.257. The molecule has 2 N–H and O–H groups in total. The molecule has 7 nitrogen and oxygen atoms in total. The molecule has 0 spiro atoms. The van der Waals surface area contributed by atoms with Crippen LogP contribution in [0.2, 0.25) is 0 Å². The van der Waals surface area contributed by atoms with Crippen LogP contribution < -0.4 is 10.6 Å². The molecule has 1 aliphatic rings. The molecule has 0 saturated heterocycles. The van der Waals surface area contributed by atoms with Crippen molar-refractivity contribution in [1.82, 2.24) is 15.5 Å². The molecule has 5 rings (SSSR count). The predicted octanol–water partition coefficient (Wildman–Crippen LogP) is 4.43. The van der Waals surface area contributed by atoms with Crippen molar-refractivity contribution >= 4 is 23.6 Å². The van der Waals surface area contributed by atoms with Gasteiger partial charge in [0.2, 0.25) is 11.8 Å². The van der Waals surface area contributed by atoms with Crippen LogP contribution in [-0.2, 0) is 9.59 Å². The van der Waals surface area contributed by atoms with E-state index in [4.69, 9.17) is 0 Å². The Morgan fingerprint density at radius 2 is 0.974 bits per heavy atom. The number of fused-ring (bicyclic) bond motifs is 1. The Morgan fingerprint density at radius 3 is 1.44 bits per heavy atom. The smallest absolute Gasteiger partial charge is 0.262 e. The Kier molecular flexibility index (Phi) is 7.32. The summed E-state index contributed by atoms with van der Waals surface area (Å²) in [6.07, 6.45) is 0. The van der Waals surface area contributed by atoms with Gasteiger partial charge in [0, 0.05) is 0 Å². The van der Waals surface area contributed by atoms with Crippen LogP contribution in [0.5, 0.6) is 0 Å². The Morgan fingerprint density at radius 1 is 0.564 bits per heavy atom. The molecule has 1 aliphatic heterocycles. The fraction of sp³-hybridized carbons (Fsp3) is 0.125. The molecule has 4 amide bonds.